The predicted octanol–water partition coefficient (Wildman–Crippen LogP) is 3.71. The lowest BCUT2D eigenvalue weighted by molar-refractivity contribution is 1.29. The fourth-order valence-corrected chi connectivity index (χ4v) is 2.77. The first-order valence-corrected chi connectivity index (χ1v) is 6.71. The lowest BCUT2D eigenvalue weighted by Gasteiger charge is -2.03. The third-order valence-electron chi connectivity index (χ3n) is 3.04. The second kappa shape index (κ2) is 4.10. The highest BCUT2D eigenvalue weighted by Crippen LogP contribution is 2.28. The number of hydrogen-bond donors (Lipinski definition) is 0. The molecule has 0 unspecified atom stereocenters. The molecule has 3 nitrogen and oxygen atoms in total. The Hall–Kier alpha value is -2.33. The minimum atomic E-state index is 0.851. The summed E-state index contributed by atoms with van der Waals surface area (Å²) < 4.78 is 1.12. The number of benzene rings is 2. The van der Waals surface area contributed by atoms with E-state index >= 15 is 0 Å². The molecular formula is C15H8N3S. The number of rotatable bonds is 1. The third kappa shape index (κ3) is 1.69. The molecular weight excluding hydrogens is 254 g/mol. The Kier molecular flexibility index (Phi) is 2.28. The molecule has 0 amide bonds. The van der Waals surface area contributed by atoms with Crippen LogP contribution >= 0.6 is 11.3 Å². The van der Waals surface area contributed by atoms with Gasteiger partial charge in [0, 0.05) is 5.56 Å². The van der Waals surface area contributed by atoms with Gasteiger partial charge in [-0.25, -0.2) is 9.97 Å². The molecule has 1 radical (unpaired) electrons. The van der Waals surface area contributed by atoms with Crippen LogP contribution in [0.2, 0.25) is 0 Å². The maximum Gasteiger partial charge on any atom is 0.153 e. The van der Waals surface area contributed by atoms with Crippen molar-refractivity contribution in [3.05, 3.63) is 54.2 Å². The van der Waals surface area contributed by atoms with Gasteiger partial charge in [-0.1, -0.05) is 24.3 Å². The molecule has 0 saturated carbocycles. The van der Waals surface area contributed by atoms with Gasteiger partial charge in [0.2, 0.25) is 0 Å². The van der Waals surface area contributed by atoms with Crippen LogP contribution in [0, 0.1) is 5.51 Å². The number of hydrogen-bond acceptors (Lipinski definition) is 4. The van der Waals surface area contributed by atoms with Crippen LogP contribution in [-0.2, 0) is 0 Å². The monoisotopic (exact) mass is 262 g/mol. The van der Waals surface area contributed by atoms with Crippen molar-refractivity contribution in [2.75, 3.05) is 0 Å². The smallest absolute Gasteiger partial charge is 0.153 e. The summed E-state index contributed by atoms with van der Waals surface area (Å²) in [5, 5.41) is 0. The van der Waals surface area contributed by atoms with Crippen LogP contribution in [0.3, 0.4) is 0 Å². The van der Waals surface area contributed by atoms with E-state index in [0.717, 1.165) is 32.5 Å². The normalized spacial score (nSPS) is 11.2. The van der Waals surface area contributed by atoms with Crippen molar-refractivity contribution >= 4 is 32.6 Å². The van der Waals surface area contributed by atoms with Crippen LogP contribution < -0.4 is 0 Å². The topological polar surface area (TPSA) is 38.7 Å². The molecule has 89 valence electrons. The van der Waals surface area contributed by atoms with E-state index in [1.807, 2.05) is 42.5 Å². The van der Waals surface area contributed by atoms with Crippen LogP contribution in [0.15, 0.2) is 48.7 Å². The van der Waals surface area contributed by atoms with E-state index < -0.39 is 0 Å². The third-order valence-corrected chi connectivity index (χ3v) is 3.77. The number of thiazole rings is 1. The fourth-order valence-electron chi connectivity index (χ4n) is 2.13. The summed E-state index contributed by atoms with van der Waals surface area (Å²) in [5.41, 5.74) is 7.53. The van der Waals surface area contributed by atoms with Gasteiger partial charge in [-0.15, -0.1) is 11.3 Å². The van der Waals surface area contributed by atoms with Gasteiger partial charge in [-0.3, -0.25) is 4.98 Å². The molecule has 0 N–H and O–H groups in total. The van der Waals surface area contributed by atoms with Gasteiger partial charge in [-0.2, -0.15) is 0 Å². The molecule has 0 aliphatic heterocycles. The van der Waals surface area contributed by atoms with E-state index in [9.17, 15) is 0 Å². The highest BCUT2D eigenvalue weighted by atomic mass is 32.1. The molecule has 0 atom stereocenters. The quantitative estimate of drug-likeness (QED) is 0.525. The Morgan fingerprint density at radius 3 is 2.79 bits per heavy atom. The summed E-state index contributed by atoms with van der Waals surface area (Å²) in [5.74, 6) is 0. The Bertz CT molecular complexity index is 882. The molecule has 0 saturated heterocycles. The van der Waals surface area contributed by atoms with Gasteiger partial charge in [0.05, 0.1) is 33.1 Å². The highest BCUT2D eigenvalue weighted by Gasteiger charge is 2.08. The van der Waals surface area contributed by atoms with Crippen molar-refractivity contribution in [1.82, 2.24) is 15.0 Å². The first-order valence-electron chi connectivity index (χ1n) is 5.89. The van der Waals surface area contributed by atoms with Crippen molar-refractivity contribution in [1.29, 1.82) is 0 Å². The summed E-state index contributed by atoms with van der Waals surface area (Å²) in [6.45, 7) is 0. The van der Waals surface area contributed by atoms with E-state index in [4.69, 9.17) is 0 Å². The number of para-hydroxylation sites is 3. The van der Waals surface area contributed by atoms with Gasteiger partial charge < -0.3 is 0 Å². The molecule has 2 aromatic carbocycles. The average Bonchev–Trinajstić information content (AvgIpc) is 2.95. The van der Waals surface area contributed by atoms with Gasteiger partial charge in [-0.05, 0) is 18.2 Å². The van der Waals surface area contributed by atoms with Gasteiger partial charge in [0.15, 0.2) is 5.51 Å². The highest BCUT2D eigenvalue weighted by molar-refractivity contribution is 7.16. The Labute approximate surface area is 113 Å². The van der Waals surface area contributed by atoms with E-state index in [1.54, 1.807) is 6.20 Å². The molecule has 0 aliphatic rings. The molecule has 2 heterocycles. The van der Waals surface area contributed by atoms with Crippen LogP contribution in [0.4, 0.5) is 0 Å². The number of aromatic nitrogens is 3. The summed E-state index contributed by atoms with van der Waals surface area (Å²) in [4.78, 5) is 13.4. The molecule has 0 spiro atoms. The zero-order valence-electron chi connectivity index (χ0n) is 9.87. The van der Waals surface area contributed by atoms with Gasteiger partial charge in [0.1, 0.15) is 0 Å². The predicted molar refractivity (Wildman–Crippen MR) is 77.0 cm³/mol. The van der Waals surface area contributed by atoms with Crippen LogP contribution in [0.5, 0.6) is 0 Å². The zero-order valence-corrected chi connectivity index (χ0v) is 10.7. The van der Waals surface area contributed by atoms with E-state index in [1.165, 1.54) is 11.3 Å². The molecule has 4 rings (SSSR count). The zero-order chi connectivity index (χ0) is 12.7. The number of fused-ring (bicyclic) bond motifs is 2. The Balaban J connectivity index is 2.01. The molecule has 4 heteroatoms. The maximum atomic E-state index is 4.66. The summed E-state index contributed by atoms with van der Waals surface area (Å²) in [6.07, 6.45) is 1.80. The first-order chi connectivity index (χ1) is 9.42. The minimum Gasteiger partial charge on any atom is -0.252 e. The second-order valence-corrected chi connectivity index (χ2v) is 5.03. The van der Waals surface area contributed by atoms with E-state index in [-0.39, 0.29) is 0 Å². The summed E-state index contributed by atoms with van der Waals surface area (Å²) in [6, 6.07) is 13.9. The molecule has 0 bridgehead atoms. The first kappa shape index (κ1) is 10.6. The Morgan fingerprint density at radius 2 is 1.84 bits per heavy atom. The largest absolute Gasteiger partial charge is 0.252 e. The van der Waals surface area contributed by atoms with Gasteiger partial charge in [0.25, 0.3) is 0 Å². The number of nitrogens with zero attached hydrogens (tertiary/aromatic N) is 3. The standard InChI is InChI=1S/C15H8N3S/c1-2-6-12-11(5-1)16-8-13(18-12)10-4-3-7-14-15(10)17-9-19-14/h1-8H. The average molecular weight is 262 g/mol. The van der Waals surface area contributed by atoms with Crippen molar-refractivity contribution in [3.63, 3.8) is 0 Å². The maximum absolute atomic E-state index is 4.66. The van der Waals surface area contributed by atoms with Crippen molar-refractivity contribution in [2.24, 2.45) is 0 Å². The molecule has 0 aliphatic carbocycles. The van der Waals surface area contributed by atoms with E-state index in [0.29, 0.717) is 0 Å². The summed E-state index contributed by atoms with van der Waals surface area (Å²) in [7, 11) is 0. The SMILES string of the molecule is [c]1nc2c(-c3cnc4ccccc4n3)cccc2s1. The van der Waals surface area contributed by atoms with Crippen molar-refractivity contribution < 1.29 is 0 Å². The van der Waals surface area contributed by atoms with Crippen LogP contribution in [0.25, 0.3) is 32.5 Å². The van der Waals surface area contributed by atoms with Crippen LogP contribution in [-0.4, -0.2) is 15.0 Å². The van der Waals surface area contributed by atoms with Gasteiger partial charge >= 0.3 is 0 Å². The van der Waals surface area contributed by atoms with Crippen molar-refractivity contribution in [3.8, 4) is 11.3 Å². The Morgan fingerprint density at radius 1 is 0.947 bits per heavy atom. The second-order valence-electron chi connectivity index (χ2n) is 4.20. The molecule has 0 fully saturated rings. The van der Waals surface area contributed by atoms with Crippen molar-refractivity contribution in [2.45, 2.75) is 0 Å². The fraction of sp³-hybridized carbons (Fsp3) is 0. The lowest BCUT2D eigenvalue weighted by atomic mass is 10.1. The molecule has 4 aromatic rings. The molecule has 19 heavy (non-hydrogen) atoms. The summed E-state index contributed by atoms with van der Waals surface area (Å²) >= 11 is 1.52. The minimum absolute atomic E-state index is 0.851. The van der Waals surface area contributed by atoms with Crippen LogP contribution in [0.1, 0.15) is 0 Å². The molecule has 2 aromatic heterocycles. The van der Waals surface area contributed by atoms with E-state index in [2.05, 4.69) is 20.5 Å². The lowest BCUT2D eigenvalue weighted by Crippen LogP contribution is -1.89.